The lowest BCUT2D eigenvalue weighted by Crippen LogP contribution is -2.58. The maximum Gasteiger partial charge on any atom is 0.320 e. The molecule has 142 valence electrons. The number of aliphatic hydroxyl groups is 1. The van der Waals surface area contributed by atoms with E-state index in [-0.39, 0.29) is 23.6 Å². The number of likely N-dealkylation sites (tertiary alicyclic amines) is 1. The van der Waals surface area contributed by atoms with Crippen molar-refractivity contribution < 1.29 is 14.6 Å². The van der Waals surface area contributed by atoms with Crippen LogP contribution in [0.1, 0.15) is 50.1 Å². The Morgan fingerprint density at radius 1 is 1.12 bits per heavy atom. The number of rotatable bonds is 1. The van der Waals surface area contributed by atoms with Gasteiger partial charge in [-0.2, -0.15) is 0 Å². The van der Waals surface area contributed by atoms with Gasteiger partial charge in [0.05, 0.1) is 25.4 Å². The van der Waals surface area contributed by atoms with Gasteiger partial charge in [-0.1, -0.05) is 49.6 Å². The first-order valence-electron chi connectivity index (χ1n) is 10.1. The molecule has 1 saturated carbocycles. The van der Waals surface area contributed by atoms with Crippen LogP contribution in [0.3, 0.4) is 0 Å². The van der Waals surface area contributed by atoms with E-state index in [1.54, 1.807) is 0 Å². The molecule has 1 aromatic carbocycles. The Balaban J connectivity index is 1.52. The number of morpholine rings is 1. The van der Waals surface area contributed by atoms with Crippen molar-refractivity contribution in [2.45, 2.75) is 50.7 Å². The van der Waals surface area contributed by atoms with Gasteiger partial charge in [-0.25, -0.2) is 4.79 Å². The van der Waals surface area contributed by atoms with Gasteiger partial charge in [0.25, 0.3) is 0 Å². The fraction of sp³-hybridized carbons (Fsp3) is 0.667. The minimum atomic E-state index is -0.263. The highest BCUT2D eigenvalue weighted by Gasteiger charge is 2.45. The summed E-state index contributed by atoms with van der Waals surface area (Å²) >= 11 is 0. The Labute approximate surface area is 155 Å². The molecule has 1 spiro atoms. The van der Waals surface area contributed by atoms with E-state index in [1.807, 2.05) is 28.0 Å². The normalized spacial score (nSPS) is 29.0. The van der Waals surface area contributed by atoms with E-state index in [0.717, 1.165) is 18.4 Å². The smallest absolute Gasteiger partial charge is 0.320 e. The van der Waals surface area contributed by atoms with Crippen molar-refractivity contribution in [2.24, 2.45) is 5.41 Å². The van der Waals surface area contributed by atoms with Crippen molar-refractivity contribution in [2.75, 3.05) is 32.8 Å². The molecule has 2 amide bonds. The molecule has 2 heterocycles. The van der Waals surface area contributed by atoms with Crippen molar-refractivity contribution in [1.29, 1.82) is 0 Å². The fourth-order valence-electron chi connectivity index (χ4n) is 5.02. The van der Waals surface area contributed by atoms with Crippen molar-refractivity contribution in [3.05, 3.63) is 35.9 Å². The first-order chi connectivity index (χ1) is 12.7. The SMILES string of the molecule is O=C(N1CCC(O)C2(CCCCC2)C1)N1CCOC[C@H]1c1ccccc1. The van der Waals surface area contributed by atoms with Gasteiger partial charge in [0, 0.05) is 25.0 Å². The second-order valence-corrected chi connectivity index (χ2v) is 8.13. The van der Waals surface area contributed by atoms with Gasteiger partial charge in [0.1, 0.15) is 0 Å². The minimum absolute atomic E-state index is 0.0217. The standard InChI is InChI=1S/C21H30N2O3/c24-19-9-12-22(16-21(19)10-5-2-6-11-21)20(25)23-13-14-26-15-18(23)17-7-3-1-4-8-17/h1,3-4,7-8,18-19,24H,2,5-6,9-16H2/t18-,19?/m0/s1. The summed E-state index contributed by atoms with van der Waals surface area (Å²) in [7, 11) is 0. The van der Waals surface area contributed by atoms with Gasteiger partial charge in [-0.3, -0.25) is 0 Å². The topological polar surface area (TPSA) is 53.0 Å². The predicted molar refractivity (Wildman–Crippen MR) is 99.8 cm³/mol. The van der Waals surface area contributed by atoms with Gasteiger partial charge in [-0.05, 0) is 24.8 Å². The van der Waals surface area contributed by atoms with Crippen molar-refractivity contribution in [1.82, 2.24) is 9.80 Å². The summed E-state index contributed by atoms with van der Waals surface area (Å²) < 4.78 is 5.68. The van der Waals surface area contributed by atoms with E-state index in [0.29, 0.717) is 39.3 Å². The quantitative estimate of drug-likeness (QED) is 0.839. The zero-order valence-corrected chi connectivity index (χ0v) is 15.5. The first kappa shape index (κ1) is 17.8. The number of nitrogens with zero attached hydrogens (tertiary/aromatic N) is 2. The van der Waals surface area contributed by atoms with E-state index >= 15 is 0 Å². The van der Waals surface area contributed by atoms with Crippen LogP contribution >= 0.6 is 0 Å². The maximum atomic E-state index is 13.4. The Kier molecular flexibility index (Phi) is 5.18. The molecular formula is C21H30N2O3. The molecule has 5 heteroatoms. The molecule has 1 aliphatic carbocycles. The predicted octanol–water partition coefficient (Wildman–Crippen LogP) is 3.20. The van der Waals surface area contributed by atoms with E-state index < -0.39 is 0 Å². The van der Waals surface area contributed by atoms with Crippen LogP contribution in [-0.2, 0) is 4.74 Å². The third-order valence-corrected chi connectivity index (χ3v) is 6.56. The summed E-state index contributed by atoms with van der Waals surface area (Å²) in [6.07, 6.45) is 6.12. The van der Waals surface area contributed by atoms with Crippen LogP contribution in [0.4, 0.5) is 4.79 Å². The molecule has 1 N–H and O–H groups in total. The number of urea groups is 1. The summed E-state index contributed by atoms with van der Waals surface area (Å²) in [5, 5.41) is 10.7. The molecule has 26 heavy (non-hydrogen) atoms. The molecular weight excluding hydrogens is 328 g/mol. The van der Waals surface area contributed by atoms with Gasteiger partial charge in [-0.15, -0.1) is 0 Å². The van der Waals surface area contributed by atoms with Crippen molar-refractivity contribution in [3.63, 3.8) is 0 Å². The second kappa shape index (κ2) is 7.57. The number of ether oxygens (including phenoxy) is 1. The molecule has 4 rings (SSSR count). The van der Waals surface area contributed by atoms with Gasteiger partial charge in [0.15, 0.2) is 0 Å². The molecule has 2 atom stereocenters. The van der Waals surface area contributed by atoms with Crippen molar-refractivity contribution >= 4 is 6.03 Å². The molecule has 3 aliphatic rings. The van der Waals surface area contributed by atoms with Crippen LogP contribution in [-0.4, -0.2) is 59.9 Å². The van der Waals surface area contributed by atoms with Gasteiger partial charge in [0.2, 0.25) is 0 Å². The average Bonchev–Trinajstić information content (AvgIpc) is 2.71. The number of hydrogen-bond donors (Lipinski definition) is 1. The summed E-state index contributed by atoms with van der Waals surface area (Å²) in [6, 6.07) is 10.3. The molecule has 2 saturated heterocycles. The van der Waals surface area contributed by atoms with Crippen LogP contribution in [0.5, 0.6) is 0 Å². The summed E-state index contributed by atoms with van der Waals surface area (Å²) in [4.78, 5) is 17.4. The maximum absolute atomic E-state index is 13.4. The first-order valence-corrected chi connectivity index (χ1v) is 10.1. The molecule has 1 aromatic rings. The Morgan fingerprint density at radius 2 is 1.88 bits per heavy atom. The molecule has 0 aromatic heterocycles. The average molecular weight is 358 g/mol. The van der Waals surface area contributed by atoms with Gasteiger partial charge >= 0.3 is 6.03 Å². The second-order valence-electron chi connectivity index (χ2n) is 8.13. The van der Waals surface area contributed by atoms with Crippen LogP contribution < -0.4 is 0 Å². The van der Waals surface area contributed by atoms with Gasteiger partial charge < -0.3 is 19.6 Å². The van der Waals surface area contributed by atoms with E-state index in [1.165, 1.54) is 19.3 Å². The number of carbonyl (C=O) groups excluding carboxylic acids is 1. The number of benzene rings is 1. The molecule has 0 bridgehead atoms. The largest absolute Gasteiger partial charge is 0.392 e. The number of piperidine rings is 1. The summed E-state index contributed by atoms with van der Waals surface area (Å²) in [5.74, 6) is 0. The monoisotopic (exact) mass is 358 g/mol. The number of aliphatic hydroxyl groups excluding tert-OH is 1. The third-order valence-electron chi connectivity index (χ3n) is 6.56. The Hall–Kier alpha value is -1.59. The zero-order valence-electron chi connectivity index (χ0n) is 15.5. The number of hydrogen-bond acceptors (Lipinski definition) is 3. The van der Waals surface area contributed by atoms with E-state index in [2.05, 4.69) is 12.1 Å². The lowest BCUT2D eigenvalue weighted by atomic mass is 9.67. The summed E-state index contributed by atoms with van der Waals surface area (Å²) in [5.41, 5.74) is 1.05. The molecule has 1 unspecified atom stereocenters. The molecule has 0 radical (unpaired) electrons. The van der Waals surface area contributed by atoms with Crippen LogP contribution in [0.15, 0.2) is 30.3 Å². The van der Waals surface area contributed by atoms with Crippen LogP contribution in [0, 0.1) is 5.41 Å². The number of amides is 2. The Morgan fingerprint density at radius 3 is 2.65 bits per heavy atom. The summed E-state index contributed by atoms with van der Waals surface area (Å²) in [6.45, 7) is 3.13. The van der Waals surface area contributed by atoms with Crippen molar-refractivity contribution in [3.8, 4) is 0 Å². The van der Waals surface area contributed by atoms with E-state index in [4.69, 9.17) is 4.74 Å². The minimum Gasteiger partial charge on any atom is -0.392 e. The lowest BCUT2D eigenvalue weighted by molar-refractivity contribution is -0.0645. The highest BCUT2D eigenvalue weighted by Crippen LogP contribution is 2.43. The van der Waals surface area contributed by atoms with Crippen LogP contribution in [0.2, 0.25) is 0 Å². The third kappa shape index (κ3) is 3.35. The highest BCUT2D eigenvalue weighted by atomic mass is 16.5. The van der Waals surface area contributed by atoms with Crippen LogP contribution in [0.25, 0.3) is 0 Å². The molecule has 3 fully saturated rings. The molecule has 2 aliphatic heterocycles. The zero-order chi connectivity index (χ0) is 18.0. The molecule has 5 nitrogen and oxygen atoms in total. The number of carbonyl (C=O) groups is 1. The fourth-order valence-corrected chi connectivity index (χ4v) is 5.02. The highest BCUT2D eigenvalue weighted by molar-refractivity contribution is 5.75. The van der Waals surface area contributed by atoms with E-state index in [9.17, 15) is 9.90 Å². The lowest BCUT2D eigenvalue weighted by Gasteiger charge is -2.50. The Bertz CT molecular complexity index is 615.